The van der Waals surface area contributed by atoms with Crippen LogP contribution in [-0.4, -0.2) is 30.1 Å². The van der Waals surface area contributed by atoms with E-state index < -0.39 is 0 Å². The van der Waals surface area contributed by atoms with E-state index in [0.717, 1.165) is 45.1 Å². The Balaban J connectivity index is 1.76. The zero-order valence-corrected chi connectivity index (χ0v) is 25.0. The molecule has 3 amide bonds. The Bertz CT molecular complexity index is 709. The van der Waals surface area contributed by atoms with Crippen LogP contribution in [0, 0.1) is 0 Å². The maximum Gasteiger partial charge on any atom is 0.314 e. The average Bonchev–Trinajstić information content (AvgIpc) is 2.93. The van der Waals surface area contributed by atoms with E-state index in [0.29, 0.717) is 18.7 Å². The van der Waals surface area contributed by atoms with Gasteiger partial charge >= 0.3 is 6.03 Å². The molecule has 6 nitrogen and oxygen atoms in total. The number of phenolic OH excluding ortho intramolecular Hbond substituents is 1. The van der Waals surface area contributed by atoms with E-state index in [-0.39, 0.29) is 17.7 Å². The Kier molecular flexibility index (Phi) is 23.2. The first-order chi connectivity index (χ1) is 19.1. The Labute approximate surface area is 239 Å². The first kappa shape index (κ1) is 34.8. The zero-order valence-electron chi connectivity index (χ0n) is 25.0. The molecule has 0 aliphatic rings. The molecular weight excluding hydrogens is 486 g/mol. The normalized spacial score (nSPS) is 10.9. The van der Waals surface area contributed by atoms with Gasteiger partial charge in [0.15, 0.2) is 0 Å². The first-order valence-electron chi connectivity index (χ1n) is 16.2. The number of nitrogens with one attached hydrogen (secondary N) is 3. The summed E-state index contributed by atoms with van der Waals surface area (Å²) in [5.74, 6) is 0.193. The van der Waals surface area contributed by atoms with Gasteiger partial charge in [-0.3, -0.25) is 4.79 Å². The molecule has 0 unspecified atom stereocenters. The number of rotatable bonds is 26. The lowest BCUT2D eigenvalue weighted by Gasteiger charge is -2.08. The molecule has 0 saturated heterocycles. The fourth-order valence-corrected chi connectivity index (χ4v) is 4.85. The predicted molar refractivity (Wildman–Crippen MR) is 165 cm³/mol. The molecule has 0 aliphatic carbocycles. The molecule has 0 radical (unpaired) electrons. The molecule has 0 spiro atoms. The number of benzene rings is 1. The molecule has 6 heteroatoms. The Morgan fingerprint density at radius 1 is 0.564 bits per heavy atom. The molecule has 0 aromatic heterocycles. The van der Waals surface area contributed by atoms with Crippen LogP contribution in [0.15, 0.2) is 24.3 Å². The summed E-state index contributed by atoms with van der Waals surface area (Å²) in [4.78, 5) is 23.8. The van der Waals surface area contributed by atoms with Crippen molar-refractivity contribution in [1.82, 2.24) is 10.6 Å². The van der Waals surface area contributed by atoms with Gasteiger partial charge in [0.2, 0.25) is 5.91 Å². The number of urea groups is 1. The summed E-state index contributed by atoms with van der Waals surface area (Å²) in [5, 5.41) is 18.0. The quantitative estimate of drug-likeness (QED) is 0.0690. The average molecular weight is 546 g/mol. The molecule has 224 valence electrons. The Morgan fingerprint density at radius 2 is 0.949 bits per heavy atom. The molecule has 1 aromatic carbocycles. The van der Waals surface area contributed by atoms with Crippen LogP contribution in [0.4, 0.5) is 10.5 Å². The number of unbranched alkanes of at least 4 members (excludes halogenated alkanes) is 19. The topological polar surface area (TPSA) is 90.5 Å². The van der Waals surface area contributed by atoms with Crippen molar-refractivity contribution in [2.45, 2.75) is 148 Å². The van der Waals surface area contributed by atoms with Crippen LogP contribution in [-0.2, 0) is 4.79 Å². The maximum absolute atomic E-state index is 11.9. The highest BCUT2D eigenvalue weighted by atomic mass is 16.3. The number of carbonyl (C=O) groups is 2. The molecule has 0 saturated carbocycles. The third kappa shape index (κ3) is 23.4. The summed E-state index contributed by atoms with van der Waals surface area (Å²) in [5.41, 5.74) is 0.706. The SMILES string of the molecule is CCCCCCCCCCCCCCCCCCNC(=O)NCCCCCCCC(=O)Nc1ccc(O)cc1. The van der Waals surface area contributed by atoms with Crippen molar-refractivity contribution < 1.29 is 14.7 Å². The second-order valence-electron chi connectivity index (χ2n) is 11.1. The van der Waals surface area contributed by atoms with E-state index in [1.807, 2.05) is 0 Å². The number of carbonyl (C=O) groups excluding carboxylic acids is 2. The molecule has 0 fully saturated rings. The molecule has 1 rings (SSSR count). The van der Waals surface area contributed by atoms with E-state index in [1.165, 1.54) is 96.3 Å². The predicted octanol–water partition coefficient (Wildman–Crippen LogP) is 9.23. The van der Waals surface area contributed by atoms with Gasteiger partial charge in [-0.1, -0.05) is 122 Å². The minimum Gasteiger partial charge on any atom is -0.508 e. The van der Waals surface area contributed by atoms with Crippen LogP contribution < -0.4 is 16.0 Å². The number of anilines is 1. The second kappa shape index (κ2) is 26.0. The molecule has 1 aromatic rings. The van der Waals surface area contributed by atoms with Crippen molar-refractivity contribution in [3.05, 3.63) is 24.3 Å². The lowest BCUT2D eigenvalue weighted by Crippen LogP contribution is -2.36. The van der Waals surface area contributed by atoms with Gasteiger partial charge in [-0.2, -0.15) is 0 Å². The zero-order chi connectivity index (χ0) is 28.2. The Morgan fingerprint density at radius 3 is 1.38 bits per heavy atom. The number of phenols is 1. The third-order valence-corrected chi connectivity index (χ3v) is 7.33. The molecule has 39 heavy (non-hydrogen) atoms. The Hall–Kier alpha value is -2.24. The van der Waals surface area contributed by atoms with Gasteiger partial charge in [-0.05, 0) is 43.5 Å². The summed E-state index contributed by atoms with van der Waals surface area (Å²) in [6.45, 7) is 3.74. The molecule has 0 heterocycles. The van der Waals surface area contributed by atoms with E-state index in [4.69, 9.17) is 0 Å². The van der Waals surface area contributed by atoms with Crippen LogP contribution in [0.3, 0.4) is 0 Å². The van der Waals surface area contributed by atoms with Crippen molar-refractivity contribution in [2.75, 3.05) is 18.4 Å². The summed E-state index contributed by atoms with van der Waals surface area (Å²) in [6, 6.07) is 6.45. The largest absolute Gasteiger partial charge is 0.508 e. The smallest absolute Gasteiger partial charge is 0.314 e. The summed E-state index contributed by atoms with van der Waals surface area (Å²) in [7, 11) is 0. The standard InChI is InChI=1S/C33H59N3O3/c1-2-3-4-5-6-7-8-9-10-11-12-13-14-15-18-21-28-34-33(39)35-29-22-19-16-17-20-23-32(38)36-30-24-26-31(37)27-25-30/h24-27,37H,2-23,28-29H2,1H3,(H,36,38)(H2,34,35,39). The molecule has 0 bridgehead atoms. The number of amides is 3. The van der Waals surface area contributed by atoms with Crippen LogP contribution >= 0.6 is 0 Å². The minimum atomic E-state index is -0.0538. The third-order valence-electron chi connectivity index (χ3n) is 7.33. The highest BCUT2D eigenvalue weighted by Gasteiger charge is 2.03. The number of hydrogen-bond donors (Lipinski definition) is 4. The number of aromatic hydroxyl groups is 1. The molecular formula is C33H59N3O3. The van der Waals surface area contributed by atoms with Gasteiger partial charge in [0, 0.05) is 25.2 Å². The van der Waals surface area contributed by atoms with Gasteiger partial charge in [-0.15, -0.1) is 0 Å². The van der Waals surface area contributed by atoms with Crippen molar-refractivity contribution in [3.8, 4) is 5.75 Å². The summed E-state index contributed by atoms with van der Waals surface area (Å²) in [6.07, 6.45) is 27.2. The molecule has 4 N–H and O–H groups in total. The lowest BCUT2D eigenvalue weighted by molar-refractivity contribution is -0.116. The molecule has 0 aliphatic heterocycles. The van der Waals surface area contributed by atoms with Gasteiger partial charge in [0.05, 0.1) is 0 Å². The van der Waals surface area contributed by atoms with Crippen molar-refractivity contribution >= 4 is 17.6 Å². The monoisotopic (exact) mass is 545 g/mol. The van der Waals surface area contributed by atoms with Crippen LogP contribution in [0.2, 0.25) is 0 Å². The fourth-order valence-electron chi connectivity index (χ4n) is 4.85. The number of hydrogen-bond acceptors (Lipinski definition) is 3. The highest BCUT2D eigenvalue weighted by Crippen LogP contribution is 2.15. The van der Waals surface area contributed by atoms with Crippen LogP contribution in [0.25, 0.3) is 0 Å². The lowest BCUT2D eigenvalue weighted by atomic mass is 10.0. The summed E-state index contributed by atoms with van der Waals surface area (Å²) >= 11 is 0. The second-order valence-corrected chi connectivity index (χ2v) is 11.1. The van der Waals surface area contributed by atoms with E-state index >= 15 is 0 Å². The maximum atomic E-state index is 11.9. The van der Waals surface area contributed by atoms with Crippen molar-refractivity contribution in [1.29, 1.82) is 0 Å². The van der Waals surface area contributed by atoms with E-state index in [9.17, 15) is 14.7 Å². The van der Waals surface area contributed by atoms with Gasteiger partial charge in [0.1, 0.15) is 5.75 Å². The molecule has 0 atom stereocenters. The minimum absolute atomic E-state index is 0.00312. The van der Waals surface area contributed by atoms with Crippen LogP contribution in [0.5, 0.6) is 5.75 Å². The van der Waals surface area contributed by atoms with E-state index in [1.54, 1.807) is 24.3 Å². The van der Waals surface area contributed by atoms with Crippen molar-refractivity contribution in [3.63, 3.8) is 0 Å². The van der Waals surface area contributed by atoms with Crippen molar-refractivity contribution in [2.24, 2.45) is 0 Å². The highest BCUT2D eigenvalue weighted by molar-refractivity contribution is 5.90. The van der Waals surface area contributed by atoms with E-state index in [2.05, 4.69) is 22.9 Å². The van der Waals surface area contributed by atoms with Gasteiger partial charge < -0.3 is 21.1 Å². The summed E-state index contributed by atoms with van der Waals surface area (Å²) < 4.78 is 0. The van der Waals surface area contributed by atoms with Gasteiger partial charge in [0.25, 0.3) is 0 Å². The first-order valence-corrected chi connectivity index (χ1v) is 16.2. The van der Waals surface area contributed by atoms with Crippen LogP contribution in [0.1, 0.15) is 148 Å². The fraction of sp³-hybridized carbons (Fsp3) is 0.758. The van der Waals surface area contributed by atoms with Gasteiger partial charge in [-0.25, -0.2) is 4.79 Å².